The second-order valence-electron chi connectivity index (χ2n) is 5.68. The third-order valence-electron chi connectivity index (χ3n) is 3.67. The Kier molecular flexibility index (Phi) is 6.07. The summed E-state index contributed by atoms with van der Waals surface area (Å²) in [4.78, 5) is 17.9. The van der Waals surface area contributed by atoms with Crippen LogP contribution >= 0.6 is 11.6 Å². The lowest BCUT2D eigenvalue weighted by atomic mass is 10.2. The van der Waals surface area contributed by atoms with Gasteiger partial charge >= 0.3 is 6.18 Å². The van der Waals surface area contributed by atoms with Crippen LogP contribution in [0.25, 0.3) is 0 Å². The summed E-state index contributed by atoms with van der Waals surface area (Å²) in [6, 6.07) is 6.14. The maximum absolute atomic E-state index is 12.6. The molecule has 25 heavy (non-hydrogen) atoms. The molecule has 0 aliphatic carbocycles. The maximum Gasteiger partial charge on any atom is 0.406 e. The van der Waals surface area contributed by atoms with Gasteiger partial charge in [0.05, 0.1) is 12.6 Å². The van der Waals surface area contributed by atoms with Gasteiger partial charge in [-0.2, -0.15) is 13.2 Å². The van der Waals surface area contributed by atoms with Crippen LogP contribution in [0.5, 0.6) is 0 Å². The van der Waals surface area contributed by atoms with Crippen LogP contribution in [0.3, 0.4) is 0 Å². The number of rotatable bonds is 6. The number of benzene rings is 1. The Morgan fingerprint density at radius 1 is 1.44 bits per heavy atom. The Balaban J connectivity index is 1.99. The molecule has 1 heterocycles. The molecule has 1 amide bonds. The summed E-state index contributed by atoms with van der Waals surface area (Å²) >= 11 is 5.87. The van der Waals surface area contributed by atoms with E-state index in [1.807, 2.05) is 0 Å². The van der Waals surface area contributed by atoms with Crippen LogP contribution < -0.4 is 5.32 Å². The lowest BCUT2D eigenvalue weighted by molar-refractivity contribution is -0.141. The zero-order valence-electron chi connectivity index (χ0n) is 13.7. The molecule has 0 fully saturated rings. The first-order chi connectivity index (χ1) is 11.7. The second kappa shape index (κ2) is 7.88. The van der Waals surface area contributed by atoms with E-state index in [-0.39, 0.29) is 18.3 Å². The minimum Gasteiger partial charge on any atom is -0.325 e. The molecule has 0 unspecified atom stereocenters. The number of halogens is 4. The fourth-order valence-electron chi connectivity index (χ4n) is 2.20. The van der Waals surface area contributed by atoms with Crippen molar-refractivity contribution in [1.29, 1.82) is 0 Å². The van der Waals surface area contributed by atoms with Crippen molar-refractivity contribution in [1.82, 2.24) is 14.5 Å². The zero-order chi connectivity index (χ0) is 18.6. The Bertz CT molecular complexity index is 732. The van der Waals surface area contributed by atoms with Gasteiger partial charge in [-0.1, -0.05) is 17.7 Å². The molecule has 1 atom stereocenters. The first-order valence-corrected chi connectivity index (χ1v) is 7.87. The Morgan fingerprint density at radius 3 is 2.80 bits per heavy atom. The molecule has 0 saturated heterocycles. The van der Waals surface area contributed by atoms with E-state index in [0.717, 1.165) is 4.57 Å². The average molecular weight is 375 g/mol. The van der Waals surface area contributed by atoms with Crippen molar-refractivity contribution in [3.05, 3.63) is 47.5 Å². The Morgan fingerprint density at radius 2 is 2.16 bits per heavy atom. The first kappa shape index (κ1) is 19.3. The molecule has 0 radical (unpaired) electrons. The molecular weight excluding hydrogens is 357 g/mol. The monoisotopic (exact) mass is 374 g/mol. The highest BCUT2D eigenvalue weighted by Crippen LogP contribution is 2.19. The summed E-state index contributed by atoms with van der Waals surface area (Å²) in [6.07, 6.45) is -1.75. The van der Waals surface area contributed by atoms with E-state index in [4.69, 9.17) is 11.6 Å². The quantitative estimate of drug-likeness (QED) is 0.841. The standard InChI is InChI=1S/C16H18ClF3N4O/c1-11(15(25)22-13-5-3-4-12(17)8-13)23(2)9-14-21-6-7-24(14)10-16(18,19)20/h3-8,11H,9-10H2,1-2H3,(H,22,25)/t11-/m1/s1. The minimum absolute atomic E-state index is 0.104. The van der Waals surface area contributed by atoms with E-state index in [2.05, 4.69) is 10.3 Å². The smallest absolute Gasteiger partial charge is 0.325 e. The van der Waals surface area contributed by atoms with Crippen molar-refractivity contribution in [2.45, 2.75) is 32.2 Å². The van der Waals surface area contributed by atoms with Gasteiger partial charge in [0.2, 0.25) is 5.91 Å². The van der Waals surface area contributed by atoms with Crippen LogP contribution in [0, 0.1) is 0 Å². The van der Waals surface area contributed by atoms with Gasteiger partial charge in [-0.15, -0.1) is 0 Å². The van der Waals surface area contributed by atoms with E-state index in [1.165, 1.54) is 12.4 Å². The maximum atomic E-state index is 12.6. The summed E-state index contributed by atoms with van der Waals surface area (Å²) in [6.45, 7) is 0.656. The molecular formula is C16H18ClF3N4O. The van der Waals surface area contributed by atoms with E-state index >= 15 is 0 Å². The summed E-state index contributed by atoms with van der Waals surface area (Å²) in [5.41, 5.74) is 0.552. The molecule has 0 bridgehead atoms. The number of carbonyl (C=O) groups is 1. The third kappa shape index (κ3) is 5.75. The zero-order valence-corrected chi connectivity index (χ0v) is 14.5. The van der Waals surface area contributed by atoms with Crippen LogP contribution in [0.15, 0.2) is 36.7 Å². The summed E-state index contributed by atoms with van der Waals surface area (Å²) in [7, 11) is 1.65. The van der Waals surface area contributed by atoms with Gasteiger partial charge < -0.3 is 9.88 Å². The molecule has 2 rings (SSSR count). The van der Waals surface area contributed by atoms with E-state index in [1.54, 1.807) is 43.1 Å². The largest absolute Gasteiger partial charge is 0.406 e. The highest BCUT2D eigenvalue weighted by Gasteiger charge is 2.29. The predicted molar refractivity (Wildman–Crippen MR) is 89.3 cm³/mol. The minimum atomic E-state index is -4.33. The molecule has 0 saturated carbocycles. The molecule has 0 aliphatic heterocycles. The summed E-state index contributed by atoms with van der Waals surface area (Å²) in [5.74, 6) is -0.0547. The van der Waals surface area contributed by atoms with E-state index in [0.29, 0.717) is 10.7 Å². The molecule has 136 valence electrons. The number of hydrogen-bond acceptors (Lipinski definition) is 3. The number of alkyl halides is 3. The molecule has 0 aliphatic rings. The molecule has 1 N–H and O–H groups in total. The van der Waals surface area contributed by atoms with Crippen molar-refractivity contribution >= 4 is 23.2 Å². The van der Waals surface area contributed by atoms with E-state index < -0.39 is 18.8 Å². The van der Waals surface area contributed by atoms with Crippen LogP contribution in [-0.4, -0.2) is 39.6 Å². The molecule has 0 spiro atoms. The average Bonchev–Trinajstić information content (AvgIpc) is 2.91. The van der Waals surface area contributed by atoms with Crippen molar-refractivity contribution in [3.8, 4) is 0 Å². The van der Waals surface area contributed by atoms with Gasteiger partial charge in [0.15, 0.2) is 0 Å². The van der Waals surface area contributed by atoms with Crippen LogP contribution in [0.4, 0.5) is 18.9 Å². The van der Waals surface area contributed by atoms with Crippen molar-refractivity contribution in [2.24, 2.45) is 0 Å². The SMILES string of the molecule is C[C@H](C(=O)Nc1cccc(Cl)c1)N(C)Cc1nccn1CC(F)(F)F. The van der Waals surface area contributed by atoms with E-state index in [9.17, 15) is 18.0 Å². The lowest BCUT2D eigenvalue weighted by Gasteiger charge is -2.24. The Labute approximate surface area is 148 Å². The van der Waals surface area contributed by atoms with Crippen LogP contribution in [-0.2, 0) is 17.9 Å². The van der Waals surface area contributed by atoms with Gasteiger partial charge in [0.25, 0.3) is 0 Å². The van der Waals surface area contributed by atoms with Crippen LogP contribution in [0.1, 0.15) is 12.7 Å². The Hall–Kier alpha value is -2.06. The van der Waals surface area contributed by atoms with Gasteiger partial charge in [-0.05, 0) is 32.2 Å². The van der Waals surface area contributed by atoms with Crippen molar-refractivity contribution in [3.63, 3.8) is 0 Å². The number of hydrogen-bond donors (Lipinski definition) is 1. The molecule has 5 nitrogen and oxygen atoms in total. The number of nitrogens with one attached hydrogen (secondary N) is 1. The first-order valence-electron chi connectivity index (χ1n) is 7.49. The van der Waals surface area contributed by atoms with Crippen molar-refractivity contribution < 1.29 is 18.0 Å². The lowest BCUT2D eigenvalue weighted by Crippen LogP contribution is -2.39. The highest BCUT2D eigenvalue weighted by atomic mass is 35.5. The van der Waals surface area contributed by atoms with Gasteiger partial charge in [0, 0.05) is 23.1 Å². The molecule has 2 aromatic rings. The molecule has 1 aromatic carbocycles. The number of aromatic nitrogens is 2. The van der Waals surface area contributed by atoms with Gasteiger partial charge in [0.1, 0.15) is 12.4 Å². The normalized spacial score (nSPS) is 13.1. The number of carbonyl (C=O) groups excluding carboxylic acids is 1. The highest BCUT2D eigenvalue weighted by molar-refractivity contribution is 6.30. The fourth-order valence-corrected chi connectivity index (χ4v) is 2.39. The summed E-state index contributed by atoms with van der Waals surface area (Å²) < 4.78 is 38.7. The van der Waals surface area contributed by atoms with Gasteiger partial charge in [-0.3, -0.25) is 9.69 Å². The van der Waals surface area contributed by atoms with Crippen LogP contribution in [0.2, 0.25) is 5.02 Å². The number of nitrogens with zero attached hydrogens (tertiary/aromatic N) is 3. The third-order valence-corrected chi connectivity index (χ3v) is 3.91. The van der Waals surface area contributed by atoms with Gasteiger partial charge in [-0.25, -0.2) is 4.98 Å². The summed E-state index contributed by atoms with van der Waals surface area (Å²) in [5, 5.41) is 3.22. The molecule has 9 heteroatoms. The van der Waals surface area contributed by atoms with Crippen molar-refractivity contribution in [2.75, 3.05) is 12.4 Å². The fraction of sp³-hybridized carbons (Fsp3) is 0.375. The number of imidazole rings is 1. The number of likely N-dealkylation sites (N-methyl/N-ethyl adjacent to an activating group) is 1. The topological polar surface area (TPSA) is 50.2 Å². The molecule has 1 aromatic heterocycles. The number of anilines is 1. The predicted octanol–water partition coefficient (Wildman–Crippen LogP) is 3.56. The second-order valence-corrected chi connectivity index (χ2v) is 6.11. The number of amides is 1.